The van der Waals surface area contributed by atoms with Gasteiger partial charge in [-0.1, -0.05) is 0 Å². The second-order valence-electron chi connectivity index (χ2n) is 3.41. The van der Waals surface area contributed by atoms with E-state index in [2.05, 4.69) is 4.40 Å². The van der Waals surface area contributed by atoms with Gasteiger partial charge in [-0.2, -0.15) is 8.42 Å². The van der Waals surface area contributed by atoms with Crippen LogP contribution in [0.1, 0.15) is 0 Å². The molecule has 1 aromatic carbocycles. The van der Waals surface area contributed by atoms with Crippen molar-refractivity contribution >= 4 is 22.0 Å². The molecule has 92 valence electrons. The molecule has 8 heteroatoms. The van der Waals surface area contributed by atoms with Crippen LogP contribution in [0.4, 0.5) is 5.69 Å². The quantitative estimate of drug-likeness (QED) is 0.345. The van der Waals surface area contributed by atoms with Crippen LogP contribution >= 0.6 is 0 Å². The Morgan fingerprint density at radius 2 is 1.82 bits per heavy atom. The summed E-state index contributed by atoms with van der Waals surface area (Å²) in [4.78, 5) is 11.2. The van der Waals surface area contributed by atoms with Crippen molar-refractivity contribution in [3.63, 3.8) is 0 Å². The number of hydrogen-bond donors (Lipinski definition) is 0. The van der Waals surface area contributed by atoms with Crippen molar-refractivity contribution in [1.82, 2.24) is 4.90 Å². The number of hydrogen-bond acceptors (Lipinski definition) is 4. The van der Waals surface area contributed by atoms with Crippen molar-refractivity contribution < 1.29 is 13.3 Å². The minimum absolute atomic E-state index is 0.0822. The van der Waals surface area contributed by atoms with Crippen LogP contribution in [-0.2, 0) is 10.0 Å². The Morgan fingerprint density at radius 1 is 1.29 bits per heavy atom. The van der Waals surface area contributed by atoms with Gasteiger partial charge >= 0.3 is 0 Å². The number of nitro benzene ring substituents is 1. The van der Waals surface area contributed by atoms with Crippen molar-refractivity contribution in [3.8, 4) is 0 Å². The zero-order valence-electron chi connectivity index (χ0n) is 9.27. The molecule has 0 radical (unpaired) electrons. The summed E-state index contributed by atoms with van der Waals surface area (Å²) in [7, 11) is -0.525. The van der Waals surface area contributed by atoms with Gasteiger partial charge in [0.15, 0.2) is 0 Å². The van der Waals surface area contributed by atoms with Crippen molar-refractivity contribution in [1.29, 1.82) is 0 Å². The summed E-state index contributed by atoms with van der Waals surface area (Å²) < 4.78 is 26.7. The van der Waals surface area contributed by atoms with Gasteiger partial charge in [0, 0.05) is 26.2 Å². The summed E-state index contributed by atoms with van der Waals surface area (Å²) in [6.45, 7) is 0. The lowest BCUT2D eigenvalue weighted by molar-refractivity contribution is -0.384. The molecule has 0 amide bonds. The molecule has 0 aliphatic rings. The molecule has 1 aromatic rings. The first kappa shape index (κ1) is 13.1. The highest BCUT2D eigenvalue weighted by Crippen LogP contribution is 2.17. The second kappa shape index (κ2) is 4.91. The fourth-order valence-corrected chi connectivity index (χ4v) is 1.87. The molecule has 17 heavy (non-hydrogen) atoms. The molecule has 0 unspecified atom stereocenters. The Bertz CT molecular complexity index is 534. The minimum Gasteiger partial charge on any atom is -0.368 e. The molecular weight excluding hydrogens is 246 g/mol. The lowest BCUT2D eigenvalue weighted by Crippen LogP contribution is -2.10. The number of nitro groups is 1. The molecule has 0 aromatic heterocycles. The third-order valence-corrected chi connectivity index (χ3v) is 3.00. The first-order chi connectivity index (χ1) is 7.83. The second-order valence-corrected chi connectivity index (χ2v) is 5.04. The highest BCUT2D eigenvalue weighted by atomic mass is 32.2. The first-order valence-corrected chi connectivity index (χ1v) is 5.98. The number of nitrogens with zero attached hydrogens (tertiary/aromatic N) is 3. The van der Waals surface area contributed by atoms with Gasteiger partial charge in [0.05, 0.1) is 9.82 Å². The third-order valence-electron chi connectivity index (χ3n) is 1.76. The number of benzene rings is 1. The predicted molar refractivity (Wildman–Crippen MR) is 62.5 cm³/mol. The van der Waals surface area contributed by atoms with E-state index >= 15 is 0 Å². The van der Waals surface area contributed by atoms with E-state index in [1.807, 2.05) is 0 Å². The lowest BCUT2D eigenvalue weighted by Gasteiger charge is -2.02. The van der Waals surface area contributed by atoms with Crippen molar-refractivity contribution in [2.24, 2.45) is 4.40 Å². The maximum absolute atomic E-state index is 11.6. The van der Waals surface area contributed by atoms with Gasteiger partial charge in [-0.15, -0.1) is 4.40 Å². The SMILES string of the molecule is CN(C)C=NS(=O)(=O)c1ccc([N+](=O)[O-])cc1. The number of non-ortho nitro benzene ring substituents is 1. The lowest BCUT2D eigenvalue weighted by atomic mass is 10.3. The molecule has 0 fully saturated rings. The van der Waals surface area contributed by atoms with Gasteiger partial charge in [-0.05, 0) is 12.1 Å². The van der Waals surface area contributed by atoms with Gasteiger partial charge in [0.1, 0.15) is 6.34 Å². The topological polar surface area (TPSA) is 92.9 Å². The molecule has 0 saturated carbocycles. The van der Waals surface area contributed by atoms with Gasteiger partial charge in [0.25, 0.3) is 15.7 Å². The van der Waals surface area contributed by atoms with Gasteiger partial charge in [-0.25, -0.2) is 0 Å². The monoisotopic (exact) mass is 257 g/mol. The van der Waals surface area contributed by atoms with E-state index in [4.69, 9.17) is 0 Å². The van der Waals surface area contributed by atoms with Crippen molar-refractivity contribution in [2.75, 3.05) is 14.1 Å². The molecular formula is C9H11N3O4S. The van der Waals surface area contributed by atoms with Gasteiger partial charge in [-0.3, -0.25) is 10.1 Å². The standard InChI is InChI=1S/C9H11N3O4S/c1-11(2)7-10-17(15,16)9-5-3-8(4-6-9)12(13)14/h3-7H,1-2H3. The van der Waals surface area contributed by atoms with E-state index in [9.17, 15) is 18.5 Å². The zero-order valence-corrected chi connectivity index (χ0v) is 10.1. The van der Waals surface area contributed by atoms with E-state index in [0.29, 0.717) is 0 Å². The molecule has 1 rings (SSSR count). The largest absolute Gasteiger partial charge is 0.368 e. The highest BCUT2D eigenvalue weighted by molar-refractivity contribution is 7.90. The zero-order chi connectivity index (χ0) is 13.1. The Kier molecular flexibility index (Phi) is 3.79. The maximum Gasteiger partial charge on any atom is 0.283 e. The molecule has 0 N–H and O–H groups in total. The van der Waals surface area contributed by atoms with Crippen LogP contribution in [0.2, 0.25) is 0 Å². The molecule has 0 saturated heterocycles. The Balaban J connectivity index is 3.05. The average Bonchev–Trinajstić information content (AvgIpc) is 2.27. The third kappa shape index (κ3) is 3.52. The van der Waals surface area contributed by atoms with Crippen LogP contribution in [0, 0.1) is 10.1 Å². The smallest absolute Gasteiger partial charge is 0.283 e. The predicted octanol–water partition coefficient (Wildman–Crippen LogP) is 0.873. The van der Waals surface area contributed by atoms with E-state index in [-0.39, 0.29) is 10.6 Å². The maximum atomic E-state index is 11.6. The number of sulfonamides is 1. The molecule has 0 atom stereocenters. The fraction of sp³-hybridized carbons (Fsp3) is 0.222. The summed E-state index contributed by atoms with van der Waals surface area (Å²) in [6.07, 6.45) is 1.15. The molecule has 0 aliphatic heterocycles. The van der Waals surface area contributed by atoms with Gasteiger partial charge in [0.2, 0.25) is 0 Å². The van der Waals surface area contributed by atoms with Crippen LogP contribution < -0.4 is 0 Å². The summed E-state index contributed by atoms with van der Waals surface area (Å²) >= 11 is 0. The van der Waals surface area contributed by atoms with Crippen LogP contribution in [0.15, 0.2) is 33.6 Å². The van der Waals surface area contributed by atoms with E-state index < -0.39 is 14.9 Å². The molecule has 0 spiro atoms. The summed E-state index contributed by atoms with van der Waals surface area (Å²) in [5.74, 6) is 0. The molecule has 7 nitrogen and oxygen atoms in total. The van der Waals surface area contributed by atoms with Crippen molar-refractivity contribution in [2.45, 2.75) is 4.90 Å². The first-order valence-electron chi connectivity index (χ1n) is 4.54. The van der Waals surface area contributed by atoms with Crippen molar-refractivity contribution in [3.05, 3.63) is 34.4 Å². The van der Waals surface area contributed by atoms with Gasteiger partial charge < -0.3 is 4.90 Å². The Hall–Kier alpha value is -1.96. The Labute approximate surface area is 98.6 Å². The summed E-state index contributed by atoms with van der Waals surface area (Å²) in [5.41, 5.74) is -0.166. The summed E-state index contributed by atoms with van der Waals surface area (Å²) in [6, 6.07) is 4.55. The highest BCUT2D eigenvalue weighted by Gasteiger charge is 2.13. The van der Waals surface area contributed by atoms with E-state index in [0.717, 1.165) is 30.6 Å². The average molecular weight is 257 g/mol. The number of rotatable bonds is 4. The molecule has 0 bridgehead atoms. The van der Waals surface area contributed by atoms with Crippen LogP contribution in [-0.4, -0.2) is 38.7 Å². The summed E-state index contributed by atoms with van der Waals surface area (Å²) in [5, 5.41) is 10.4. The Morgan fingerprint density at radius 3 is 2.24 bits per heavy atom. The van der Waals surface area contributed by atoms with Crippen LogP contribution in [0.5, 0.6) is 0 Å². The van der Waals surface area contributed by atoms with Crippen LogP contribution in [0.3, 0.4) is 0 Å². The van der Waals surface area contributed by atoms with E-state index in [1.165, 1.54) is 4.90 Å². The van der Waals surface area contributed by atoms with E-state index in [1.54, 1.807) is 14.1 Å². The molecule has 0 aliphatic carbocycles. The fourth-order valence-electron chi connectivity index (χ4n) is 0.957. The minimum atomic E-state index is -3.79. The normalized spacial score (nSPS) is 11.6. The van der Waals surface area contributed by atoms with Crippen LogP contribution in [0.25, 0.3) is 0 Å². The molecule has 0 heterocycles.